The first-order chi connectivity index (χ1) is 22.4. The predicted molar refractivity (Wildman–Crippen MR) is 180 cm³/mol. The van der Waals surface area contributed by atoms with Crippen LogP contribution in [0.1, 0.15) is 30.5 Å². The summed E-state index contributed by atoms with van der Waals surface area (Å²) in [7, 11) is -0.890. The van der Waals surface area contributed by atoms with Gasteiger partial charge in [-0.1, -0.05) is 37.8 Å². The number of hydrogen-bond acceptors (Lipinski definition) is 7. The van der Waals surface area contributed by atoms with Crippen LogP contribution in [-0.4, -0.2) is 72.3 Å². The van der Waals surface area contributed by atoms with Gasteiger partial charge in [-0.3, -0.25) is 18.7 Å². The van der Waals surface area contributed by atoms with E-state index in [2.05, 4.69) is 21.5 Å². The third-order valence-corrected chi connectivity index (χ3v) is 9.81. The number of rotatable bonds is 9. The van der Waals surface area contributed by atoms with Gasteiger partial charge < -0.3 is 14.7 Å². The lowest BCUT2D eigenvalue weighted by atomic mass is 10.1. The lowest BCUT2D eigenvalue weighted by Crippen LogP contribution is -2.55. The third-order valence-electron chi connectivity index (χ3n) is 8.21. The van der Waals surface area contributed by atoms with Crippen molar-refractivity contribution < 1.29 is 23.1 Å². The molecule has 12 nitrogen and oxygen atoms in total. The predicted octanol–water partition coefficient (Wildman–Crippen LogP) is 2.22. The molecule has 1 saturated heterocycles. The fraction of sp³-hybridized carbons (Fsp3) is 0.324. The van der Waals surface area contributed by atoms with Crippen LogP contribution < -0.4 is 25.6 Å². The largest absolute Gasteiger partial charge is 0.497 e. The maximum Gasteiger partial charge on any atom is 0.331 e. The SMILES string of the molecule is COc1ccc(Cn2c(=O)n(C)c(=O)c3cc(C#Cc4ccc(N5CCN(S(=O)(=O)N[C@@H](C(=O)O)C(C)C)CC5)cc4)ccc32)cc1. The monoisotopic (exact) mass is 659 g/mol. The second-order valence-corrected chi connectivity index (χ2v) is 13.4. The quantitative estimate of drug-likeness (QED) is 0.261. The van der Waals surface area contributed by atoms with Gasteiger partial charge in [0.15, 0.2) is 0 Å². The average Bonchev–Trinajstić information content (AvgIpc) is 3.07. The normalized spacial score (nSPS) is 14.5. The van der Waals surface area contributed by atoms with Gasteiger partial charge in [0, 0.05) is 50.0 Å². The van der Waals surface area contributed by atoms with Gasteiger partial charge in [-0.05, 0) is 66.1 Å². The van der Waals surface area contributed by atoms with Crippen LogP contribution in [0.2, 0.25) is 0 Å². The Bertz CT molecular complexity index is 2070. The van der Waals surface area contributed by atoms with Crippen molar-refractivity contribution in [2.45, 2.75) is 26.4 Å². The molecule has 0 saturated carbocycles. The number of benzene rings is 3. The maximum absolute atomic E-state index is 13.0. The molecule has 0 spiro atoms. The van der Waals surface area contributed by atoms with Gasteiger partial charge in [0.2, 0.25) is 0 Å². The van der Waals surface area contributed by atoms with Crippen LogP contribution >= 0.6 is 0 Å². The van der Waals surface area contributed by atoms with Crippen LogP contribution in [0, 0.1) is 17.8 Å². The van der Waals surface area contributed by atoms with Gasteiger partial charge in [0.25, 0.3) is 15.8 Å². The summed E-state index contributed by atoms with van der Waals surface area (Å²) < 4.78 is 37.1. The average molecular weight is 660 g/mol. The molecule has 0 bridgehead atoms. The van der Waals surface area contributed by atoms with Gasteiger partial charge in [-0.2, -0.15) is 17.4 Å². The van der Waals surface area contributed by atoms with Gasteiger partial charge in [0.1, 0.15) is 11.8 Å². The highest BCUT2D eigenvalue weighted by molar-refractivity contribution is 7.87. The molecule has 2 heterocycles. The molecule has 246 valence electrons. The molecule has 1 aliphatic heterocycles. The number of methoxy groups -OCH3 is 1. The molecule has 0 unspecified atom stereocenters. The molecule has 1 aromatic heterocycles. The van der Waals surface area contributed by atoms with Crippen molar-refractivity contribution in [2.75, 3.05) is 38.2 Å². The molecule has 1 fully saturated rings. The van der Waals surface area contributed by atoms with Crippen LogP contribution in [0.4, 0.5) is 5.69 Å². The van der Waals surface area contributed by atoms with E-state index in [9.17, 15) is 27.9 Å². The van der Waals surface area contributed by atoms with E-state index in [1.165, 1.54) is 11.4 Å². The number of piperazine rings is 1. The molecule has 2 N–H and O–H groups in total. The lowest BCUT2D eigenvalue weighted by molar-refractivity contribution is -0.140. The van der Waals surface area contributed by atoms with Gasteiger partial charge >= 0.3 is 11.7 Å². The van der Waals surface area contributed by atoms with E-state index in [4.69, 9.17) is 4.74 Å². The van der Waals surface area contributed by atoms with Crippen LogP contribution in [0.25, 0.3) is 10.9 Å². The highest BCUT2D eigenvalue weighted by Crippen LogP contribution is 2.20. The van der Waals surface area contributed by atoms with E-state index in [1.807, 2.05) is 48.5 Å². The number of aromatic nitrogens is 2. The van der Waals surface area contributed by atoms with Crippen LogP contribution in [0.5, 0.6) is 5.75 Å². The summed E-state index contributed by atoms with van der Waals surface area (Å²) in [6, 6.07) is 19.0. The maximum atomic E-state index is 13.0. The first-order valence-corrected chi connectivity index (χ1v) is 16.6. The van der Waals surface area contributed by atoms with Crippen molar-refractivity contribution in [1.29, 1.82) is 0 Å². The molecular weight excluding hydrogens is 622 g/mol. The highest BCUT2D eigenvalue weighted by Gasteiger charge is 2.33. The van der Waals surface area contributed by atoms with Crippen molar-refractivity contribution in [3.05, 3.63) is 104 Å². The van der Waals surface area contributed by atoms with Gasteiger partial charge in [0.05, 0.1) is 24.6 Å². The summed E-state index contributed by atoms with van der Waals surface area (Å²) in [6.45, 7) is 4.93. The van der Waals surface area contributed by atoms with Crippen molar-refractivity contribution >= 4 is 32.8 Å². The van der Waals surface area contributed by atoms with E-state index >= 15 is 0 Å². The number of carboxylic acid groups (broad SMARTS) is 1. The molecule has 0 radical (unpaired) electrons. The number of fused-ring (bicyclic) bond motifs is 1. The second-order valence-electron chi connectivity index (χ2n) is 11.7. The summed E-state index contributed by atoms with van der Waals surface area (Å²) in [4.78, 5) is 39.6. The Hall–Kier alpha value is -4.90. The summed E-state index contributed by atoms with van der Waals surface area (Å²) in [5.74, 6) is 5.35. The lowest BCUT2D eigenvalue weighted by Gasteiger charge is -2.36. The number of nitrogens with zero attached hydrogens (tertiary/aromatic N) is 4. The summed E-state index contributed by atoms with van der Waals surface area (Å²) >= 11 is 0. The Morgan fingerprint density at radius 2 is 1.55 bits per heavy atom. The van der Waals surface area contributed by atoms with Crippen molar-refractivity contribution in [3.8, 4) is 17.6 Å². The molecule has 4 aromatic rings. The zero-order chi connectivity index (χ0) is 33.9. The number of aliphatic carboxylic acids is 1. The fourth-order valence-corrected chi connectivity index (χ4v) is 6.92. The van der Waals surface area contributed by atoms with E-state index in [1.54, 1.807) is 43.7 Å². The van der Waals surface area contributed by atoms with E-state index < -0.39 is 39.4 Å². The molecule has 5 rings (SSSR count). The second kappa shape index (κ2) is 13.8. The van der Waals surface area contributed by atoms with E-state index in [0.717, 1.165) is 21.4 Å². The first-order valence-electron chi connectivity index (χ1n) is 15.1. The van der Waals surface area contributed by atoms with Crippen LogP contribution in [-0.2, 0) is 28.6 Å². The minimum absolute atomic E-state index is 0.219. The minimum Gasteiger partial charge on any atom is -0.497 e. The number of nitrogens with one attached hydrogen (secondary N) is 1. The number of ether oxygens (including phenoxy) is 1. The number of hydrogen-bond donors (Lipinski definition) is 2. The van der Waals surface area contributed by atoms with Crippen molar-refractivity contribution in [2.24, 2.45) is 13.0 Å². The van der Waals surface area contributed by atoms with E-state index in [0.29, 0.717) is 35.3 Å². The van der Waals surface area contributed by atoms with Crippen molar-refractivity contribution in [1.82, 2.24) is 18.2 Å². The molecule has 1 aliphatic rings. The number of carbonyl (C=O) groups is 1. The number of anilines is 1. The Labute approximate surface area is 273 Å². The molecular formula is C34H37N5O7S. The summed E-state index contributed by atoms with van der Waals surface area (Å²) in [6.07, 6.45) is 0. The minimum atomic E-state index is -3.94. The Balaban J connectivity index is 1.28. The van der Waals surface area contributed by atoms with E-state index in [-0.39, 0.29) is 19.6 Å². The Kier molecular flexibility index (Phi) is 9.85. The molecule has 1 atom stereocenters. The smallest absolute Gasteiger partial charge is 0.331 e. The van der Waals surface area contributed by atoms with Crippen LogP contribution in [0.15, 0.2) is 76.3 Å². The third kappa shape index (κ3) is 7.41. The Morgan fingerprint density at radius 3 is 2.15 bits per heavy atom. The van der Waals surface area contributed by atoms with Crippen molar-refractivity contribution in [3.63, 3.8) is 0 Å². The fourth-order valence-electron chi connectivity index (χ4n) is 5.43. The molecule has 0 aliphatic carbocycles. The topological polar surface area (TPSA) is 143 Å². The van der Waals surface area contributed by atoms with Gasteiger partial charge in [-0.15, -0.1) is 0 Å². The summed E-state index contributed by atoms with van der Waals surface area (Å²) in [5.41, 5.74) is 2.90. The standard InChI is InChI=1S/C34H37N5O7S/c1-23(2)31(33(41)42)35-47(44,45)38-19-17-37(18-20-38)27-12-7-24(8-13-27)5-6-25-11-16-30-29(21-25)32(40)36(3)34(43)39(30)22-26-9-14-28(46-4)15-10-26/h7-16,21,23,31,35H,17-20,22H2,1-4H3,(H,41,42)/t31-/m1/s1. The van der Waals surface area contributed by atoms with Gasteiger partial charge in [-0.25, -0.2) is 4.79 Å². The molecule has 0 amide bonds. The molecule has 3 aromatic carbocycles. The zero-order valence-corrected chi connectivity index (χ0v) is 27.5. The first kappa shape index (κ1) is 33.5. The zero-order valence-electron chi connectivity index (χ0n) is 26.6. The molecule has 47 heavy (non-hydrogen) atoms. The highest BCUT2D eigenvalue weighted by atomic mass is 32.2. The molecule has 13 heteroatoms. The van der Waals surface area contributed by atoms with Crippen LogP contribution in [0.3, 0.4) is 0 Å². The summed E-state index contributed by atoms with van der Waals surface area (Å²) in [5, 5.41) is 9.76. The number of carboxylic acids is 1. The Morgan fingerprint density at radius 1 is 0.936 bits per heavy atom.